The molecule has 0 aromatic heterocycles. The number of nitrogens with zero attached hydrogens (tertiary/aromatic N) is 1. The van der Waals surface area contributed by atoms with E-state index < -0.39 is 6.04 Å². The van der Waals surface area contributed by atoms with Crippen molar-refractivity contribution >= 4 is 11.8 Å². The molecular formula is C13H23N3O2. The summed E-state index contributed by atoms with van der Waals surface area (Å²) in [5.74, 6) is 0.0167. The van der Waals surface area contributed by atoms with Gasteiger partial charge in [-0.1, -0.05) is 13.8 Å². The van der Waals surface area contributed by atoms with E-state index in [1.165, 1.54) is 0 Å². The average molecular weight is 253 g/mol. The van der Waals surface area contributed by atoms with E-state index in [1.54, 1.807) is 4.90 Å². The smallest absolute Gasteiger partial charge is 0.243 e. The fourth-order valence-corrected chi connectivity index (χ4v) is 2.30. The lowest BCUT2D eigenvalue weighted by atomic mass is 10.0. The number of rotatable bonds is 4. The van der Waals surface area contributed by atoms with Crippen LogP contribution in [0.2, 0.25) is 0 Å². The molecule has 1 saturated carbocycles. The number of carbonyl (C=O) groups is 2. The van der Waals surface area contributed by atoms with Crippen LogP contribution in [0.25, 0.3) is 0 Å². The molecule has 2 rings (SSSR count). The molecule has 1 heterocycles. The maximum Gasteiger partial charge on any atom is 0.243 e. The summed E-state index contributed by atoms with van der Waals surface area (Å²) in [4.78, 5) is 26.0. The number of nitrogens with two attached hydrogens (primary N) is 1. The summed E-state index contributed by atoms with van der Waals surface area (Å²) in [5, 5.41) is 2.98. The van der Waals surface area contributed by atoms with Gasteiger partial charge in [0.1, 0.15) is 6.04 Å². The van der Waals surface area contributed by atoms with Crippen LogP contribution in [0.5, 0.6) is 0 Å². The van der Waals surface area contributed by atoms with Crippen molar-refractivity contribution in [3.63, 3.8) is 0 Å². The van der Waals surface area contributed by atoms with Crippen LogP contribution in [0.15, 0.2) is 0 Å². The van der Waals surface area contributed by atoms with Crippen molar-refractivity contribution in [3.05, 3.63) is 0 Å². The van der Waals surface area contributed by atoms with Gasteiger partial charge in [-0.15, -0.1) is 0 Å². The summed E-state index contributed by atoms with van der Waals surface area (Å²) in [7, 11) is 0. The van der Waals surface area contributed by atoms with Crippen molar-refractivity contribution < 1.29 is 9.59 Å². The first-order valence-electron chi connectivity index (χ1n) is 6.87. The zero-order valence-corrected chi connectivity index (χ0v) is 11.2. The minimum absolute atomic E-state index is 0.000642. The second-order valence-electron chi connectivity index (χ2n) is 5.74. The molecular weight excluding hydrogens is 230 g/mol. The van der Waals surface area contributed by atoms with Gasteiger partial charge in [0.15, 0.2) is 0 Å². The van der Waals surface area contributed by atoms with Crippen LogP contribution < -0.4 is 11.1 Å². The Kier molecular flexibility index (Phi) is 3.90. The van der Waals surface area contributed by atoms with E-state index in [-0.39, 0.29) is 23.8 Å². The van der Waals surface area contributed by atoms with Gasteiger partial charge >= 0.3 is 0 Å². The van der Waals surface area contributed by atoms with Crippen molar-refractivity contribution in [2.75, 3.05) is 6.54 Å². The van der Waals surface area contributed by atoms with Crippen LogP contribution in [-0.2, 0) is 9.59 Å². The van der Waals surface area contributed by atoms with Crippen LogP contribution in [0, 0.1) is 5.92 Å². The fourth-order valence-electron chi connectivity index (χ4n) is 2.30. The van der Waals surface area contributed by atoms with Crippen LogP contribution in [0.1, 0.15) is 39.5 Å². The molecule has 0 radical (unpaired) electrons. The van der Waals surface area contributed by atoms with Gasteiger partial charge in [0.2, 0.25) is 11.8 Å². The lowest BCUT2D eigenvalue weighted by Crippen LogP contribution is -2.52. The molecule has 1 unspecified atom stereocenters. The van der Waals surface area contributed by atoms with Gasteiger partial charge in [-0.2, -0.15) is 0 Å². The van der Waals surface area contributed by atoms with Crippen LogP contribution in [0.4, 0.5) is 0 Å². The van der Waals surface area contributed by atoms with Crippen LogP contribution in [0.3, 0.4) is 0 Å². The lowest BCUT2D eigenvalue weighted by molar-refractivity contribution is -0.140. The van der Waals surface area contributed by atoms with Crippen molar-refractivity contribution in [2.45, 2.75) is 57.7 Å². The van der Waals surface area contributed by atoms with Gasteiger partial charge in [-0.3, -0.25) is 9.59 Å². The zero-order chi connectivity index (χ0) is 13.3. The third-order valence-corrected chi connectivity index (χ3v) is 3.77. The molecule has 3 N–H and O–H groups in total. The van der Waals surface area contributed by atoms with E-state index in [2.05, 4.69) is 5.32 Å². The Labute approximate surface area is 108 Å². The molecule has 0 bridgehead atoms. The summed E-state index contributed by atoms with van der Waals surface area (Å²) < 4.78 is 0. The van der Waals surface area contributed by atoms with E-state index >= 15 is 0 Å². The van der Waals surface area contributed by atoms with Crippen molar-refractivity contribution in [3.8, 4) is 0 Å². The Balaban J connectivity index is 1.97. The van der Waals surface area contributed by atoms with E-state index in [0.717, 1.165) is 25.7 Å². The van der Waals surface area contributed by atoms with Gasteiger partial charge in [-0.05, 0) is 31.6 Å². The first kappa shape index (κ1) is 13.3. The van der Waals surface area contributed by atoms with Gasteiger partial charge < -0.3 is 16.0 Å². The Hall–Kier alpha value is -1.10. The molecule has 2 amide bonds. The summed E-state index contributed by atoms with van der Waals surface area (Å²) in [6.45, 7) is 4.51. The maximum absolute atomic E-state index is 12.2. The average Bonchev–Trinajstić information content (AvgIpc) is 3.00. The molecule has 0 spiro atoms. The molecule has 1 aliphatic heterocycles. The molecule has 2 fully saturated rings. The monoisotopic (exact) mass is 253 g/mol. The molecule has 5 heteroatoms. The highest BCUT2D eigenvalue weighted by atomic mass is 16.2. The van der Waals surface area contributed by atoms with E-state index in [9.17, 15) is 9.59 Å². The van der Waals surface area contributed by atoms with Crippen molar-refractivity contribution in [1.29, 1.82) is 0 Å². The normalized spacial score (nSPS) is 25.3. The third-order valence-electron chi connectivity index (χ3n) is 3.77. The quantitative estimate of drug-likeness (QED) is 0.753. The highest BCUT2D eigenvalue weighted by Crippen LogP contribution is 2.23. The van der Waals surface area contributed by atoms with Crippen LogP contribution in [-0.4, -0.2) is 41.4 Å². The molecule has 2 aliphatic rings. The SMILES string of the molecule is CC(C)[C@@H](N)C(=O)N1CCCC1C(=O)NC1CC1. The van der Waals surface area contributed by atoms with E-state index in [1.807, 2.05) is 13.8 Å². The first-order chi connectivity index (χ1) is 8.50. The highest BCUT2D eigenvalue weighted by Gasteiger charge is 2.38. The van der Waals surface area contributed by atoms with E-state index in [0.29, 0.717) is 12.6 Å². The number of hydrogen-bond donors (Lipinski definition) is 2. The first-order valence-corrected chi connectivity index (χ1v) is 6.87. The predicted molar refractivity (Wildman–Crippen MR) is 68.7 cm³/mol. The number of nitrogens with one attached hydrogen (secondary N) is 1. The second kappa shape index (κ2) is 5.26. The predicted octanol–water partition coefficient (Wildman–Crippen LogP) is 0.239. The summed E-state index contributed by atoms with van der Waals surface area (Å²) in [5.41, 5.74) is 5.89. The number of amides is 2. The molecule has 5 nitrogen and oxygen atoms in total. The van der Waals surface area contributed by atoms with Crippen LogP contribution >= 0.6 is 0 Å². The molecule has 102 valence electrons. The number of carbonyl (C=O) groups excluding carboxylic acids is 2. The van der Waals surface area contributed by atoms with Gasteiger partial charge in [-0.25, -0.2) is 0 Å². The second-order valence-corrected chi connectivity index (χ2v) is 5.74. The molecule has 2 atom stereocenters. The molecule has 1 aliphatic carbocycles. The highest BCUT2D eigenvalue weighted by molar-refractivity contribution is 5.90. The topological polar surface area (TPSA) is 75.4 Å². The molecule has 18 heavy (non-hydrogen) atoms. The maximum atomic E-state index is 12.2. The van der Waals surface area contributed by atoms with Crippen molar-refractivity contribution in [2.24, 2.45) is 11.7 Å². The van der Waals surface area contributed by atoms with E-state index in [4.69, 9.17) is 5.73 Å². The molecule has 1 saturated heterocycles. The largest absolute Gasteiger partial charge is 0.352 e. The molecule has 0 aromatic rings. The van der Waals surface area contributed by atoms with Crippen molar-refractivity contribution in [1.82, 2.24) is 10.2 Å². The summed E-state index contributed by atoms with van der Waals surface area (Å²) in [6, 6.07) is -0.462. The Morgan fingerprint density at radius 2 is 1.94 bits per heavy atom. The standard InChI is InChI=1S/C13H23N3O2/c1-8(2)11(14)13(18)16-7-3-4-10(16)12(17)15-9-5-6-9/h8-11H,3-7,14H2,1-2H3,(H,15,17)/t10?,11-/m1/s1. The fraction of sp³-hybridized carbons (Fsp3) is 0.846. The minimum atomic E-state index is -0.501. The summed E-state index contributed by atoms with van der Waals surface area (Å²) >= 11 is 0. The lowest BCUT2D eigenvalue weighted by Gasteiger charge is -2.28. The zero-order valence-electron chi connectivity index (χ0n) is 11.2. The molecule has 0 aromatic carbocycles. The summed E-state index contributed by atoms with van der Waals surface area (Å²) in [6.07, 6.45) is 3.78. The Bertz CT molecular complexity index is 339. The van der Waals surface area contributed by atoms with Gasteiger partial charge in [0.05, 0.1) is 6.04 Å². The number of likely N-dealkylation sites (tertiary alicyclic amines) is 1. The third kappa shape index (κ3) is 2.83. The Morgan fingerprint density at radius 1 is 1.28 bits per heavy atom. The Morgan fingerprint density at radius 3 is 2.50 bits per heavy atom. The van der Waals surface area contributed by atoms with Gasteiger partial charge in [0.25, 0.3) is 0 Å². The van der Waals surface area contributed by atoms with Gasteiger partial charge in [0, 0.05) is 12.6 Å². The number of hydrogen-bond acceptors (Lipinski definition) is 3. The minimum Gasteiger partial charge on any atom is -0.352 e.